The molecule has 0 amide bonds. The minimum atomic E-state index is -6.59. The molecule has 0 aliphatic carbocycles. The van der Waals surface area contributed by atoms with Crippen molar-refractivity contribution in [1.82, 2.24) is 0 Å². The molecule has 0 unspecified atom stereocenters. The van der Waals surface area contributed by atoms with E-state index in [1.165, 1.54) is 20.8 Å². The molecule has 20 heavy (non-hydrogen) atoms. The maximum Gasteiger partial charge on any atom is 0.460 e. The first kappa shape index (κ1) is 21.8. The number of aliphatic hydroxyl groups is 1. The fourth-order valence-corrected chi connectivity index (χ4v) is 0.764. The van der Waals surface area contributed by atoms with Gasteiger partial charge in [-0.3, -0.25) is 4.79 Å². The molecule has 0 bridgehead atoms. The van der Waals surface area contributed by atoms with Gasteiger partial charge in [0.2, 0.25) is 5.78 Å². The van der Waals surface area contributed by atoms with E-state index in [2.05, 4.69) is 0 Å². The molecule has 0 aliphatic rings. The van der Waals surface area contributed by atoms with Gasteiger partial charge in [-0.15, -0.1) is 0 Å². The van der Waals surface area contributed by atoms with Gasteiger partial charge >= 0.3 is 18.0 Å². The minimum absolute atomic E-state index is 0. The fraction of sp³-hybridized carbons (Fsp3) is 0.700. The van der Waals surface area contributed by atoms with Crippen molar-refractivity contribution in [1.29, 1.82) is 0 Å². The summed E-state index contributed by atoms with van der Waals surface area (Å²) in [5.41, 5.74) is -1.25. The molecule has 0 aliphatic heterocycles. The smallest absolute Gasteiger partial charge is 0.460 e. The first-order valence-corrected chi connectivity index (χ1v) is 4.83. The number of rotatable bonds is 3. The van der Waals surface area contributed by atoms with Crippen molar-refractivity contribution in [2.75, 3.05) is 0 Å². The van der Waals surface area contributed by atoms with E-state index >= 15 is 0 Å². The number of alkyl halides is 7. The van der Waals surface area contributed by atoms with E-state index in [1.807, 2.05) is 0 Å². The standard InChI is InChI=1S/C10H11F7O2.Ag/c1-7(2,3)5(18)4-6(19)8(11,12)9(13,14)10(15,16)17;/h4,18H,1-3H3;/b5-4-;. The Kier molecular flexibility index (Phi) is 6.60. The van der Waals surface area contributed by atoms with E-state index in [0.717, 1.165) is 0 Å². The van der Waals surface area contributed by atoms with E-state index in [0.29, 0.717) is 0 Å². The van der Waals surface area contributed by atoms with E-state index < -0.39 is 35.0 Å². The summed E-state index contributed by atoms with van der Waals surface area (Å²) >= 11 is 0. The Morgan fingerprint density at radius 1 is 0.950 bits per heavy atom. The number of carbonyl (C=O) groups excluding carboxylic acids is 1. The largest absolute Gasteiger partial charge is 0.512 e. The van der Waals surface area contributed by atoms with Crippen LogP contribution in [0.4, 0.5) is 30.7 Å². The number of halogens is 7. The summed E-state index contributed by atoms with van der Waals surface area (Å²) < 4.78 is 86.1. The van der Waals surface area contributed by atoms with Gasteiger partial charge in [-0.2, -0.15) is 30.7 Å². The Hall–Kier alpha value is -0.540. The molecule has 0 aromatic heterocycles. The van der Waals surface area contributed by atoms with E-state index in [4.69, 9.17) is 5.11 Å². The van der Waals surface area contributed by atoms with Gasteiger partial charge in [0.05, 0.1) is 0 Å². The SMILES string of the molecule is CC(C)(C)/C(O)=C/C(=O)C(F)(F)C(F)(F)C(F)(F)F.[Ag]. The van der Waals surface area contributed by atoms with Gasteiger partial charge in [-0.25, -0.2) is 0 Å². The molecule has 0 atom stereocenters. The van der Waals surface area contributed by atoms with Gasteiger partial charge in [0.1, 0.15) is 5.76 Å². The summed E-state index contributed by atoms with van der Waals surface area (Å²) in [6, 6.07) is 0. The quantitative estimate of drug-likeness (QED) is 0.336. The van der Waals surface area contributed by atoms with E-state index in [1.54, 1.807) is 0 Å². The molecule has 0 fully saturated rings. The van der Waals surface area contributed by atoms with Gasteiger partial charge < -0.3 is 5.11 Å². The van der Waals surface area contributed by atoms with Crippen molar-refractivity contribution in [2.45, 2.75) is 38.8 Å². The molecule has 0 rings (SSSR count). The third-order valence-corrected chi connectivity index (χ3v) is 2.10. The molecule has 2 nitrogen and oxygen atoms in total. The van der Waals surface area contributed by atoms with Gasteiger partial charge in [0.25, 0.3) is 0 Å². The van der Waals surface area contributed by atoms with Gasteiger partial charge in [0.15, 0.2) is 0 Å². The number of ketones is 1. The molecule has 10 heteroatoms. The summed E-state index contributed by atoms with van der Waals surface area (Å²) in [6.45, 7) is 3.73. The average molecular weight is 404 g/mol. The number of carbonyl (C=O) groups is 1. The second kappa shape index (κ2) is 6.07. The predicted molar refractivity (Wildman–Crippen MR) is 51.1 cm³/mol. The van der Waals surface area contributed by atoms with Crippen LogP contribution in [0, 0.1) is 5.41 Å². The topological polar surface area (TPSA) is 37.3 Å². The van der Waals surface area contributed by atoms with Gasteiger partial charge in [0, 0.05) is 33.9 Å². The normalized spacial score (nSPS) is 14.8. The molecular formula is C10H11AgF7O2. The van der Waals surface area contributed by atoms with E-state index in [-0.39, 0.29) is 28.5 Å². The molecule has 1 radical (unpaired) electrons. The van der Waals surface area contributed by atoms with Crippen LogP contribution >= 0.6 is 0 Å². The molecule has 1 N–H and O–H groups in total. The van der Waals surface area contributed by atoms with Crippen LogP contribution < -0.4 is 0 Å². The van der Waals surface area contributed by atoms with Crippen LogP contribution in [0.5, 0.6) is 0 Å². The maximum atomic E-state index is 12.9. The summed E-state index contributed by atoms with van der Waals surface area (Å²) in [7, 11) is 0. The summed E-state index contributed by atoms with van der Waals surface area (Å²) in [6.07, 6.45) is -6.91. The Bertz CT molecular complexity index is 393. The molecule has 0 saturated carbocycles. The monoisotopic (exact) mass is 403 g/mol. The zero-order valence-corrected chi connectivity index (χ0v) is 11.9. The van der Waals surface area contributed by atoms with Crippen molar-refractivity contribution in [3.05, 3.63) is 11.8 Å². The van der Waals surface area contributed by atoms with Gasteiger partial charge in [-0.1, -0.05) is 20.8 Å². The Morgan fingerprint density at radius 3 is 1.55 bits per heavy atom. The maximum absolute atomic E-state index is 12.9. The van der Waals surface area contributed by atoms with Crippen LogP contribution in [0.25, 0.3) is 0 Å². The molecular weight excluding hydrogens is 393 g/mol. The summed E-state index contributed by atoms with van der Waals surface area (Å²) in [5, 5.41) is 9.17. The summed E-state index contributed by atoms with van der Waals surface area (Å²) in [5.74, 6) is -16.4. The Labute approximate surface area is 125 Å². The van der Waals surface area contributed by atoms with Crippen molar-refractivity contribution < 1.29 is 63.0 Å². The molecule has 0 aromatic rings. The number of hydrogen-bond acceptors (Lipinski definition) is 2. The van der Waals surface area contributed by atoms with Crippen molar-refractivity contribution >= 4 is 5.78 Å². The van der Waals surface area contributed by atoms with Crippen LogP contribution in [0.3, 0.4) is 0 Å². The molecule has 123 valence electrons. The second-order valence-corrected chi connectivity index (χ2v) is 4.79. The molecule has 0 aromatic carbocycles. The Morgan fingerprint density at radius 2 is 1.30 bits per heavy atom. The van der Waals surface area contributed by atoms with Crippen LogP contribution in [0.1, 0.15) is 20.8 Å². The Balaban J connectivity index is 0. The van der Waals surface area contributed by atoms with Crippen molar-refractivity contribution in [2.24, 2.45) is 5.41 Å². The van der Waals surface area contributed by atoms with E-state index in [9.17, 15) is 35.5 Å². The van der Waals surface area contributed by atoms with Gasteiger partial charge in [-0.05, 0) is 0 Å². The zero-order valence-electron chi connectivity index (χ0n) is 10.4. The molecule has 0 spiro atoms. The average Bonchev–Trinajstić information content (AvgIpc) is 2.13. The van der Waals surface area contributed by atoms with Crippen LogP contribution in [0.15, 0.2) is 11.8 Å². The van der Waals surface area contributed by atoms with Crippen LogP contribution in [-0.2, 0) is 27.2 Å². The van der Waals surface area contributed by atoms with Crippen LogP contribution in [-0.4, -0.2) is 28.9 Å². The number of allylic oxidation sites excluding steroid dienone is 2. The van der Waals surface area contributed by atoms with Crippen LogP contribution in [0.2, 0.25) is 0 Å². The molecule has 0 heterocycles. The number of aliphatic hydroxyl groups excluding tert-OH is 1. The molecule has 0 saturated heterocycles. The fourth-order valence-electron chi connectivity index (χ4n) is 0.764. The third kappa shape index (κ3) is 4.23. The third-order valence-electron chi connectivity index (χ3n) is 2.10. The number of hydrogen-bond donors (Lipinski definition) is 1. The van der Waals surface area contributed by atoms with Crippen molar-refractivity contribution in [3.63, 3.8) is 0 Å². The second-order valence-electron chi connectivity index (χ2n) is 4.79. The predicted octanol–water partition coefficient (Wildman–Crippen LogP) is 3.87. The zero-order chi connectivity index (χ0) is 15.9. The minimum Gasteiger partial charge on any atom is -0.512 e. The summed E-state index contributed by atoms with van der Waals surface area (Å²) in [4.78, 5) is 10.8. The first-order chi connectivity index (χ1) is 8.05. The van der Waals surface area contributed by atoms with Crippen molar-refractivity contribution in [3.8, 4) is 0 Å². The first-order valence-electron chi connectivity index (χ1n) is 4.83.